The second-order valence-electron chi connectivity index (χ2n) is 6.16. The van der Waals surface area contributed by atoms with Crippen molar-refractivity contribution in [3.63, 3.8) is 0 Å². The zero-order valence-corrected chi connectivity index (χ0v) is 18.4. The second-order valence-corrected chi connectivity index (χ2v) is 7.15. The topological polar surface area (TPSA) is 62.7 Å². The number of likely N-dealkylation sites (tertiary alicyclic amines) is 1. The van der Waals surface area contributed by atoms with E-state index in [-0.39, 0.29) is 6.04 Å². The number of hydrogen-bond donors (Lipinski definition) is 1. The van der Waals surface area contributed by atoms with Crippen molar-refractivity contribution in [2.24, 2.45) is 0 Å². The Morgan fingerprint density at radius 3 is 2.48 bits per heavy atom. The molecular weight excluding hydrogens is 384 g/mol. The number of carboxylic acids is 1. The summed E-state index contributed by atoms with van der Waals surface area (Å²) in [5.41, 5.74) is 2.03. The van der Waals surface area contributed by atoms with Gasteiger partial charge in [-0.15, -0.1) is 0 Å². The highest BCUT2D eigenvalue weighted by molar-refractivity contribution is 7.20. The second kappa shape index (κ2) is 11.5. The summed E-state index contributed by atoms with van der Waals surface area (Å²) in [7, 11) is 0. The van der Waals surface area contributed by atoms with E-state index < -0.39 is 5.97 Å². The van der Waals surface area contributed by atoms with Gasteiger partial charge in [-0.2, -0.15) is 0 Å². The molecule has 0 aliphatic carbocycles. The van der Waals surface area contributed by atoms with Crippen LogP contribution in [0.5, 0.6) is 10.9 Å². The van der Waals surface area contributed by atoms with E-state index in [2.05, 4.69) is 4.98 Å². The predicted octanol–water partition coefficient (Wildman–Crippen LogP) is 6.19. The highest BCUT2D eigenvalue weighted by atomic mass is 32.1. The minimum absolute atomic E-state index is 0.362. The van der Waals surface area contributed by atoms with Crippen LogP contribution in [-0.4, -0.2) is 33.5 Å². The van der Waals surface area contributed by atoms with Gasteiger partial charge in [0, 0.05) is 6.54 Å². The molecule has 0 saturated carbocycles. The van der Waals surface area contributed by atoms with Gasteiger partial charge in [0.05, 0.1) is 10.2 Å². The average molecular weight is 415 g/mol. The van der Waals surface area contributed by atoms with Gasteiger partial charge in [-0.25, -0.2) is 4.98 Å². The number of aromatic nitrogens is 1. The summed E-state index contributed by atoms with van der Waals surface area (Å²) in [6.07, 6.45) is 1.67. The van der Waals surface area contributed by atoms with Crippen LogP contribution in [0.15, 0.2) is 48.5 Å². The maximum absolute atomic E-state index is 11.3. The van der Waals surface area contributed by atoms with Crippen molar-refractivity contribution in [3.8, 4) is 10.9 Å². The van der Waals surface area contributed by atoms with Gasteiger partial charge in [0.2, 0.25) is 0 Å². The van der Waals surface area contributed by atoms with Gasteiger partial charge in [-0.1, -0.05) is 63.3 Å². The maximum Gasteiger partial charge on any atom is 0.320 e. The third-order valence-electron chi connectivity index (χ3n) is 4.44. The van der Waals surface area contributed by atoms with E-state index in [4.69, 9.17) is 4.74 Å². The third kappa shape index (κ3) is 6.02. The zero-order chi connectivity index (χ0) is 21.2. The summed E-state index contributed by atoms with van der Waals surface area (Å²) >= 11 is 1.52. The number of para-hydroxylation sites is 1. The Morgan fingerprint density at radius 1 is 1.14 bits per heavy atom. The molecule has 1 aromatic heterocycles. The number of nitrogens with zero attached hydrogens (tertiary/aromatic N) is 2. The van der Waals surface area contributed by atoms with E-state index in [1.165, 1.54) is 11.3 Å². The number of thiazole rings is 1. The highest BCUT2D eigenvalue weighted by Gasteiger charge is 2.30. The molecule has 2 aromatic carbocycles. The number of rotatable bonds is 5. The molecule has 29 heavy (non-hydrogen) atoms. The molecule has 4 rings (SSSR count). The molecule has 1 atom stereocenters. The third-order valence-corrected chi connectivity index (χ3v) is 5.35. The fourth-order valence-electron chi connectivity index (χ4n) is 3.19. The van der Waals surface area contributed by atoms with Crippen molar-refractivity contribution < 1.29 is 14.6 Å². The molecule has 0 spiro atoms. The average Bonchev–Trinajstić information content (AvgIpc) is 3.39. The first-order valence-corrected chi connectivity index (χ1v) is 11.1. The number of ether oxygens (including phenoxy) is 1. The van der Waals surface area contributed by atoms with Crippen LogP contribution in [0.1, 0.15) is 46.1 Å². The van der Waals surface area contributed by atoms with Gasteiger partial charge in [-0.3, -0.25) is 9.69 Å². The molecule has 0 radical (unpaired) electrons. The number of hydrogen-bond acceptors (Lipinski definition) is 5. The minimum Gasteiger partial charge on any atom is -0.480 e. The molecular formula is C23H30N2O3S. The summed E-state index contributed by atoms with van der Waals surface area (Å²) in [4.78, 5) is 17.8. The van der Waals surface area contributed by atoms with E-state index in [1.54, 1.807) is 0 Å². The smallest absolute Gasteiger partial charge is 0.320 e. The lowest BCUT2D eigenvalue weighted by molar-refractivity contribution is -0.142. The lowest BCUT2D eigenvalue weighted by Gasteiger charge is -2.21. The van der Waals surface area contributed by atoms with Gasteiger partial charge in [-0.05, 0) is 49.2 Å². The molecule has 6 heteroatoms. The monoisotopic (exact) mass is 414 g/mol. The van der Waals surface area contributed by atoms with E-state index in [1.807, 2.05) is 81.1 Å². The first kappa shape index (κ1) is 22.8. The SMILES string of the molecule is CC.CC.O=C(O)C1CCCN1Cc1ccc(Oc2nc3ccccc3s2)cc1. The van der Waals surface area contributed by atoms with Gasteiger partial charge >= 0.3 is 5.97 Å². The van der Waals surface area contributed by atoms with Gasteiger partial charge < -0.3 is 9.84 Å². The molecule has 1 N–H and O–H groups in total. The van der Waals surface area contributed by atoms with E-state index >= 15 is 0 Å². The molecule has 1 saturated heterocycles. The fourth-order valence-corrected chi connectivity index (χ4v) is 4.02. The summed E-state index contributed by atoms with van der Waals surface area (Å²) in [6, 6.07) is 15.4. The number of fused-ring (bicyclic) bond motifs is 1. The summed E-state index contributed by atoms with van der Waals surface area (Å²) in [6.45, 7) is 9.49. The molecule has 1 aliphatic heterocycles. The van der Waals surface area contributed by atoms with Crippen molar-refractivity contribution in [1.29, 1.82) is 0 Å². The van der Waals surface area contributed by atoms with Crippen LogP contribution in [0.3, 0.4) is 0 Å². The lowest BCUT2D eigenvalue weighted by Crippen LogP contribution is -2.35. The van der Waals surface area contributed by atoms with Crippen LogP contribution >= 0.6 is 11.3 Å². The summed E-state index contributed by atoms with van der Waals surface area (Å²) in [5.74, 6) is 0.00676. The van der Waals surface area contributed by atoms with E-state index in [0.29, 0.717) is 11.7 Å². The van der Waals surface area contributed by atoms with Gasteiger partial charge in [0.1, 0.15) is 11.8 Å². The Labute approximate surface area is 177 Å². The molecule has 0 bridgehead atoms. The Bertz CT molecular complexity index is 860. The summed E-state index contributed by atoms with van der Waals surface area (Å²) in [5, 5.41) is 9.89. The highest BCUT2D eigenvalue weighted by Crippen LogP contribution is 2.31. The molecule has 0 amide bonds. The quantitative estimate of drug-likeness (QED) is 0.539. The standard InChI is InChI=1S/C19H18N2O3S.2C2H6/c22-18(23)16-5-3-11-21(16)12-13-7-9-14(10-8-13)24-19-20-15-4-1-2-6-17(15)25-19;2*1-2/h1-2,4,6-10,16H,3,5,11-12H2,(H,22,23);2*1-2H3. The molecule has 156 valence electrons. The van der Waals surface area contributed by atoms with Crippen LogP contribution in [-0.2, 0) is 11.3 Å². The van der Waals surface area contributed by atoms with Crippen molar-refractivity contribution in [1.82, 2.24) is 9.88 Å². The van der Waals surface area contributed by atoms with Crippen LogP contribution < -0.4 is 4.74 Å². The van der Waals surface area contributed by atoms with Gasteiger partial charge in [0.25, 0.3) is 5.19 Å². The van der Waals surface area contributed by atoms with Crippen molar-refractivity contribution in [2.75, 3.05) is 6.54 Å². The molecule has 1 fully saturated rings. The van der Waals surface area contributed by atoms with Crippen molar-refractivity contribution in [2.45, 2.75) is 53.1 Å². The lowest BCUT2D eigenvalue weighted by atomic mass is 10.2. The van der Waals surface area contributed by atoms with Crippen LogP contribution in [0.4, 0.5) is 0 Å². The van der Waals surface area contributed by atoms with E-state index in [0.717, 1.165) is 40.9 Å². The molecule has 1 unspecified atom stereocenters. The number of carbonyl (C=O) groups is 1. The number of benzene rings is 2. The number of carboxylic acid groups (broad SMARTS) is 1. The zero-order valence-electron chi connectivity index (χ0n) is 17.6. The van der Waals surface area contributed by atoms with Crippen LogP contribution in [0.2, 0.25) is 0 Å². The normalized spacial score (nSPS) is 15.8. The Balaban J connectivity index is 0.000000707. The maximum atomic E-state index is 11.3. The molecule has 5 nitrogen and oxygen atoms in total. The van der Waals surface area contributed by atoms with E-state index in [9.17, 15) is 9.90 Å². The largest absolute Gasteiger partial charge is 0.480 e. The first-order valence-electron chi connectivity index (χ1n) is 10.3. The predicted molar refractivity (Wildman–Crippen MR) is 120 cm³/mol. The molecule has 2 heterocycles. The van der Waals surface area contributed by atoms with Crippen LogP contribution in [0.25, 0.3) is 10.2 Å². The summed E-state index contributed by atoms with van der Waals surface area (Å²) < 4.78 is 6.95. The van der Waals surface area contributed by atoms with Gasteiger partial charge in [0.15, 0.2) is 0 Å². The minimum atomic E-state index is -0.728. The van der Waals surface area contributed by atoms with Crippen molar-refractivity contribution >= 4 is 27.5 Å². The Kier molecular flexibility index (Phi) is 9.09. The first-order chi connectivity index (χ1) is 14.2. The molecule has 1 aliphatic rings. The number of aliphatic carboxylic acids is 1. The van der Waals surface area contributed by atoms with Crippen molar-refractivity contribution in [3.05, 3.63) is 54.1 Å². The Morgan fingerprint density at radius 2 is 1.83 bits per heavy atom. The van der Waals surface area contributed by atoms with Crippen LogP contribution in [0, 0.1) is 0 Å². The molecule has 3 aromatic rings. The fraction of sp³-hybridized carbons (Fsp3) is 0.391. The Hall–Kier alpha value is -2.44.